The molecule has 0 radical (unpaired) electrons. The maximum atomic E-state index is 12.4. The summed E-state index contributed by atoms with van der Waals surface area (Å²) in [5, 5.41) is 2.22. The molecule has 0 aliphatic heterocycles. The summed E-state index contributed by atoms with van der Waals surface area (Å²) in [7, 11) is -3.67. The van der Waals surface area contributed by atoms with Crippen molar-refractivity contribution in [3.8, 4) is 0 Å². The molecular weight excluding hydrogens is 306 g/mol. The zero-order valence-electron chi connectivity index (χ0n) is 12.5. The second-order valence-electron chi connectivity index (χ2n) is 5.97. The molecule has 3 N–H and O–H groups in total. The van der Waals surface area contributed by atoms with Crippen LogP contribution in [0.4, 0.5) is 10.8 Å². The molecule has 0 saturated carbocycles. The predicted molar refractivity (Wildman–Crippen MR) is 87.2 cm³/mol. The van der Waals surface area contributed by atoms with E-state index < -0.39 is 10.0 Å². The lowest BCUT2D eigenvalue weighted by molar-refractivity contribution is 0.573. The van der Waals surface area contributed by atoms with Crippen molar-refractivity contribution in [2.75, 3.05) is 10.5 Å². The molecular formula is C14H19N3O2S2. The number of nitrogen functional groups attached to an aromatic ring is 1. The Kier molecular flexibility index (Phi) is 3.99. The number of hydrogen-bond donors (Lipinski definition) is 2. The highest BCUT2D eigenvalue weighted by Gasteiger charge is 2.21. The number of aryl methyl sites for hydroxylation is 1. The molecule has 5 nitrogen and oxygen atoms in total. The van der Waals surface area contributed by atoms with Crippen molar-refractivity contribution in [2.24, 2.45) is 0 Å². The summed E-state index contributed by atoms with van der Waals surface area (Å²) in [5.74, 6) is 0. The Hall–Kier alpha value is -1.60. The van der Waals surface area contributed by atoms with E-state index >= 15 is 0 Å². The summed E-state index contributed by atoms with van der Waals surface area (Å²) in [6.45, 7) is 7.89. The number of hydrogen-bond acceptors (Lipinski definition) is 5. The number of sulfonamides is 1. The van der Waals surface area contributed by atoms with Crippen molar-refractivity contribution in [1.29, 1.82) is 0 Å². The van der Waals surface area contributed by atoms with Crippen molar-refractivity contribution in [3.05, 3.63) is 34.8 Å². The lowest BCUT2D eigenvalue weighted by atomic mass is 9.93. The Morgan fingerprint density at radius 3 is 2.43 bits per heavy atom. The second-order valence-corrected chi connectivity index (χ2v) is 8.51. The molecule has 0 aliphatic rings. The fourth-order valence-electron chi connectivity index (χ4n) is 1.77. The average Bonchev–Trinajstić information content (AvgIpc) is 2.75. The number of rotatable bonds is 3. The lowest BCUT2D eigenvalue weighted by Gasteiger charge is -2.14. The molecule has 0 amide bonds. The van der Waals surface area contributed by atoms with Crippen LogP contribution in [0.5, 0.6) is 0 Å². The summed E-state index contributed by atoms with van der Waals surface area (Å²) >= 11 is 1.27. The fourth-order valence-corrected chi connectivity index (χ4v) is 4.10. The largest absolute Gasteiger partial charge is 0.399 e. The van der Waals surface area contributed by atoms with Crippen molar-refractivity contribution in [3.63, 3.8) is 0 Å². The van der Waals surface area contributed by atoms with E-state index in [1.165, 1.54) is 17.4 Å². The number of nitrogens with two attached hydrogens (primary N) is 1. The quantitative estimate of drug-likeness (QED) is 0.849. The van der Waals surface area contributed by atoms with Crippen LogP contribution in [0.15, 0.2) is 28.5 Å². The monoisotopic (exact) mass is 325 g/mol. The third-order valence-corrected chi connectivity index (χ3v) is 5.08. The van der Waals surface area contributed by atoms with Crippen LogP contribution >= 0.6 is 11.3 Å². The third kappa shape index (κ3) is 3.74. The number of nitrogens with zero attached hydrogens (tertiary/aromatic N) is 1. The highest BCUT2D eigenvalue weighted by molar-refractivity contribution is 7.93. The van der Waals surface area contributed by atoms with Gasteiger partial charge in [0.25, 0.3) is 10.0 Å². The Labute approximate surface area is 129 Å². The molecule has 2 aromatic rings. The molecule has 114 valence electrons. The smallest absolute Gasteiger partial charge is 0.263 e. The van der Waals surface area contributed by atoms with Crippen LogP contribution in [0.25, 0.3) is 0 Å². The first-order chi connectivity index (χ1) is 9.58. The molecule has 1 heterocycles. The van der Waals surface area contributed by atoms with E-state index in [-0.39, 0.29) is 10.3 Å². The van der Waals surface area contributed by atoms with Gasteiger partial charge in [-0.2, -0.15) is 0 Å². The maximum Gasteiger partial charge on any atom is 0.263 e. The zero-order chi connectivity index (χ0) is 15.8. The summed E-state index contributed by atoms with van der Waals surface area (Å²) in [5.41, 5.74) is 7.66. The summed E-state index contributed by atoms with van der Waals surface area (Å²) in [4.78, 5) is 4.48. The van der Waals surface area contributed by atoms with Crippen LogP contribution in [0, 0.1) is 6.92 Å². The van der Waals surface area contributed by atoms with Gasteiger partial charge in [-0.25, -0.2) is 13.4 Å². The van der Waals surface area contributed by atoms with Crippen LogP contribution in [-0.2, 0) is 15.4 Å². The molecule has 1 aromatic carbocycles. The minimum Gasteiger partial charge on any atom is -0.399 e. The van der Waals surface area contributed by atoms with Gasteiger partial charge in [0.05, 0.1) is 10.6 Å². The van der Waals surface area contributed by atoms with Gasteiger partial charge in [-0.05, 0) is 30.7 Å². The van der Waals surface area contributed by atoms with E-state index in [0.29, 0.717) is 10.8 Å². The van der Waals surface area contributed by atoms with Crippen LogP contribution < -0.4 is 10.5 Å². The van der Waals surface area contributed by atoms with Gasteiger partial charge >= 0.3 is 0 Å². The van der Waals surface area contributed by atoms with Gasteiger partial charge in [-0.15, -0.1) is 11.3 Å². The molecule has 0 bridgehead atoms. The molecule has 0 unspecified atom stereocenters. The summed E-state index contributed by atoms with van der Waals surface area (Å²) < 4.78 is 27.2. The fraction of sp³-hybridized carbons (Fsp3) is 0.357. The molecule has 21 heavy (non-hydrogen) atoms. The van der Waals surface area contributed by atoms with E-state index in [2.05, 4.69) is 9.71 Å². The number of nitrogens with one attached hydrogen (secondary N) is 1. The van der Waals surface area contributed by atoms with E-state index in [1.807, 2.05) is 26.2 Å². The average molecular weight is 325 g/mol. The Morgan fingerprint density at radius 2 is 1.90 bits per heavy atom. The highest BCUT2D eigenvalue weighted by Crippen LogP contribution is 2.28. The van der Waals surface area contributed by atoms with Crippen LogP contribution in [0.1, 0.15) is 32.0 Å². The van der Waals surface area contributed by atoms with Gasteiger partial charge in [0.1, 0.15) is 0 Å². The number of aromatic nitrogens is 1. The topological polar surface area (TPSA) is 85.1 Å². The molecule has 0 fully saturated rings. The van der Waals surface area contributed by atoms with Crippen molar-refractivity contribution < 1.29 is 8.42 Å². The molecule has 0 saturated heterocycles. The van der Waals surface area contributed by atoms with Gasteiger partial charge in [0.15, 0.2) is 5.13 Å². The van der Waals surface area contributed by atoms with Crippen molar-refractivity contribution in [1.82, 2.24) is 4.98 Å². The standard InChI is InChI=1S/C14H19N3O2S2/c1-9-5-10(15)7-11(6-9)21(18,19)17-13-16-12(8-20-13)14(2,3)4/h5-8H,15H2,1-4H3,(H,16,17). The first-order valence-corrected chi connectivity index (χ1v) is 8.80. The molecule has 0 spiro atoms. The second kappa shape index (κ2) is 5.31. The first-order valence-electron chi connectivity index (χ1n) is 6.44. The predicted octanol–water partition coefficient (Wildman–Crippen LogP) is 3.13. The summed E-state index contributed by atoms with van der Waals surface area (Å²) in [6, 6.07) is 4.74. The highest BCUT2D eigenvalue weighted by atomic mass is 32.2. The van der Waals surface area contributed by atoms with E-state index in [0.717, 1.165) is 11.3 Å². The van der Waals surface area contributed by atoms with Crippen LogP contribution in [0.3, 0.4) is 0 Å². The number of anilines is 2. The lowest BCUT2D eigenvalue weighted by Crippen LogP contribution is -2.15. The van der Waals surface area contributed by atoms with E-state index in [1.54, 1.807) is 19.1 Å². The van der Waals surface area contributed by atoms with Gasteiger partial charge in [-0.1, -0.05) is 20.8 Å². The van der Waals surface area contributed by atoms with Crippen molar-refractivity contribution >= 4 is 32.2 Å². The normalized spacial score (nSPS) is 12.4. The van der Waals surface area contributed by atoms with Crippen LogP contribution in [-0.4, -0.2) is 13.4 Å². The Bertz CT molecular complexity index is 739. The minimum absolute atomic E-state index is 0.117. The van der Waals surface area contributed by atoms with Crippen molar-refractivity contribution in [2.45, 2.75) is 38.0 Å². The maximum absolute atomic E-state index is 12.4. The van der Waals surface area contributed by atoms with Gasteiger partial charge < -0.3 is 5.73 Å². The molecule has 1 aromatic heterocycles. The SMILES string of the molecule is Cc1cc(N)cc(S(=O)(=O)Nc2nc(C(C)(C)C)cs2)c1. The molecule has 7 heteroatoms. The van der Waals surface area contributed by atoms with E-state index in [9.17, 15) is 8.42 Å². The van der Waals surface area contributed by atoms with E-state index in [4.69, 9.17) is 5.73 Å². The van der Waals surface area contributed by atoms with Gasteiger partial charge in [0, 0.05) is 16.5 Å². The minimum atomic E-state index is -3.67. The molecule has 0 aliphatic carbocycles. The van der Waals surface area contributed by atoms with Crippen LogP contribution in [0.2, 0.25) is 0 Å². The van der Waals surface area contributed by atoms with Gasteiger partial charge in [0.2, 0.25) is 0 Å². The summed E-state index contributed by atoms with van der Waals surface area (Å²) in [6.07, 6.45) is 0. The Morgan fingerprint density at radius 1 is 1.24 bits per heavy atom. The molecule has 2 rings (SSSR count). The Balaban J connectivity index is 2.31. The van der Waals surface area contributed by atoms with Gasteiger partial charge in [-0.3, -0.25) is 4.72 Å². The number of benzene rings is 1. The third-order valence-electron chi connectivity index (χ3n) is 2.88. The first kappa shape index (κ1) is 15.8. The molecule has 0 atom stereocenters. The number of thiazole rings is 1. The zero-order valence-corrected chi connectivity index (χ0v) is 14.1.